The molecule has 19 nitrogen and oxygen atoms in total. The lowest BCUT2D eigenvalue weighted by Gasteiger charge is -2.48. The first-order chi connectivity index (χ1) is 54.3. The molecule has 17 atom stereocenters. The largest absolute Gasteiger partial charge is 0.394 e. The van der Waals surface area contributed by atoms with Crippen molar-refractivity contribution in [2.75, 3.05) is 26.4 Å². The number of hydrogen-bond donors (Lipinski definition) is 12. The van der Waals surface area contributed by atoms with E-state index in [2.05, 4.69) is 92.1 Å². The summed E-state index contributed by atoms with van der Waals surface area (Å²) in [6.07, 6.45) is 70.1. The summed E-state index contributed by atoms with van der Waals surface area (Å²) >= 11 is 0. The summed E-state index contributed by atoms with van der Waals surface area (Å²) in [5.74, 6) is -0.272. The highest BCUT2D eigenvalue weighted by Gasteiger charge is 2.54. The van der Waals surface area contributed by atoms with Crippen LogP contribution in [-0.4, -0.2) is 193 Å². The van der Waals surface area contributed by atoms with Crippen LogP contribution in [0, 0.1) is 0 Å². The lowest BCUT2D eigenvalue weighted by molar-refractivity contribution is -0.379. The second kappa shape index (κ2) is 71.1. The van der Waals surface area contributed by atoms with Crippen LogP contribution in [0.1, 0.15) is 361 Å². The Bertz CT molecular complexity index is 2330. The maximum Gasteiger partial charge on any atom is 0.220 e. The Kier molecular flexibility index (Phi) is 65.4. The maximum absolute atomic E-state index is 13.5. The Balaban J connectivity index is 1.33. The molecule has 12 N–H and O–H groups in total. The third kappa shape index (κ3) is 49.7. The summed E-state index contributed by atoms with van der Waals surface area (Å²) in [5, 5.41) is 121. The molecule has 3 aliphatic rings. The lowest BCUT2D eigenvalue weighted by Crippen LogP contribution is -2.66. The third-order valence-electron chi connectivity index (χ3n) is 22.2. The van der Waals surface area contributed by atoms with Crippen LogP contribution in [0.2, 0.25) is 0 Å². The predicted molar refractivity (Wildman–Crippen MR) is 448 cm³/mol. The topological polar surface area (TPSA) is 307 Å². The normalized spacial score (nSPS) is 25.4. The average molecular weight is 1570 g/mol. The number of ether oxygens (including phenoxy) is 6. The number of aliphatic hydroxyl groups is 11. The minimum Gasteiger partial charge on any atom is -0.394 e. The average Bonchev–Trinajstić information content (AvgIpc) is 0.780. The Hall–Kier alpha value is -3.03. The van der Waals surface area contributed by atoms with E-state index in [-0.39, 0.29) is 18.9 Å². The first-order valence-electron chi connectivity index (χ1n) is 45.3. The summed E-state index contributed by atoms with van der Waals surface area (Å²) in [7, 11) is 0. The molecule has 17 unspecified atom stereocenters. The molecule has 0 aromatic rings. The molecule has 0 aromatic heterocycles. The van der Waals surface area contributed by atoms with E-state index in [1.54, 1.807) is 6.08 Å². The smallest absolute Gasteiger partial charge is 0.220 e. The van der Waals surface area contributed by atoms with Gasteiger partial charge >= 0.3 is 0 Å². The summed E-state index contributed by atoms with van der Waals surface area (Å²) in [4.78, 5) is 13.5. The highest BCUT2D eigenvalue weighted by molar-refractivity contribution is 5.76. The number of unbranched alkanes of at least 4 members (excludes halogenated alkanes) is 45. The molecule has 3 saturated heterocycles. The molecule has 0 radical (unpaired) electrons. The van der Waals surface area contributed by atoms with Crippen molar-refractivity contribution >= 4 is 5.91 Å². The quantitative estimate of drug-likeness (QED) is 0.0199. The Morgan fingerprint density at radius 1 is 0.333 bits per heavy atom. The van der Waals surface area contributed by atoms with Crippen molar-refractivity contribution in [2.24, 2.45) is 0 Å². The van der Waals surface area contributed by atoms with Crippen LogP contribution in [0.15, 0.2) is 85.1 Å². The number of allylic oxidation sites excluding steroid dienone is 13. The van der Waals surface area contributed by atoms with Crippen LogP contribution in [-0.2, 0) is 33.2 Å². The summed E-state index contributed by atoms with van der Waals surface area (Å²) in [5.41, 5.74) is 0. The first kappa shape index (κ1) is 102. The van der Waals surface area contributed by atoms with Gasteiger partial charge in [0.1, 0.15) is 73.2 Å². The fourth-order valence-corrected chi connectivity index (χ4v) is 15.0. The zero-order valence-electron chi connectivity index (χ0n) is 69.7. The summed E-state index contributed by atoms with van der Waals surface area (Å²) in [6, 6.07) is -0.979. The van der Waals surface area contributed by atoms with Crippen molar-refractivity contribution in [1.29, 1.82) is 0 Å². The molecule has 1 amide bonds. The van der Waals surface area contributed by atoms with Gasteiger partial charge in [-0.05, 0) is 70.6 Å². The Morgan fingerprint density at radius 2 is 0.622 bits per heavy atom. The van der Waals surface area contributed by atoms with Gasteiger partial charge in [0.05, 0.1) is 38.6 Å². The molecule has 0 saturated carbocycles. The molecule has 3 fully saturated rings. The summed E-state index contributed by atoms with van der Waals surface area (Å²) < 4.78 is 34.5. The van der Waals surface area contributed by atoms with Crippen molar-refractivity contribution in [3.8, 4) is 0 Å². The van der Waals surface area contributed by atoms with Crippen molar-refractivity contribution in [1.82, 2.24) is 5.32 Å². The molecule has 646 valence electrons. The third-order valence-corrected chi connectivity index (χ3v) is 22.2. The van der Waals surface area contributed by atoms with E-state index < -0.39 is 124 Å². The van der Waals surface area contributed by atoms with E-state index in [0.29, 0.717) is 6.42 Å². The Morgan fingerprint density at radius 3 is 0.973 bits per heavy atom. The van der Waals surface area contributed by atoms with Crippen LogP contribution < -0.4 is 5.32 Å². The number of carbonyl (C=O) groups is 1. The molecule has 3 rings (SSSR count). The van der Waals surface area contributed by atoms with Crippen LogP contribution >= 0.6 is 0 Å². The second-order valence-electron chi connectivity index (χ2n) is 32.0. The van der Waals surface area contributed by atoms with Gasteiger partial charge in [-0.15, -0.1) is 0 Å². The van der Waals surface area contributed by atoms with Crippen molar-refractivity contribution in [2.45, 2.75) is 465 Å². The minimum absolute atomic E-state index is 0.241. The molecule has 0 aliphatic carbocycles. The molecule has 0 bridgehead atoms. The lowest BCUT2D eigenvalue weighted by atomic mass is 9.96. The van der Waals surface area contributed by atoms with Crippen molar-refractivity contribution in [3.63, 3.8) is 0 Å². The fourth-order valence-electron chi connectivity index (χ4n) is 15.0. The zero-order valence-corrected chi connectivity index (χ0v) is 69.7. The van der Waals surface area contributed by atoms with Gasteiger partial charge in [0.15, 0.2) is 18.9 Å². The Labute approximate surface area is 673 Å². The van der Waals surface area contributed by atoms with Gasteiger partial charge in [0.25, 0.3) is 0 Å². The van der Waals surface area contributed by atoms with Crippen molar-refractivity contribution in [3.05, 3.63) is 85.1 Å². The van der Waals surface area contributed by atoms with Crippen LogP contribution in [0.5, 0.6) is 0 Å². The van der Waals surface area contributed by atoms with E-state index in [0.717, 1.165) is 83.5 Å². The van der Waals surface area contributed by atoms with Gasteiger partial charge in [-0.3, -0.25) is 4.79 Å². The van der Waals surface area contributed by atoms with E-state index in [9.17, 15) is 61.0 Å². The van der Waals surface area contributed by atoms with Gasteiger partial charge in [-0.25, -0.2) is 0 Å². The zero-order chi connectivity index (χ0) is 80.3. The van der Waals surface area contributed by atoms with Gasteiger partial charge in [-0.1, -0.05) is 369 Å². The monoisotopic (exact) mass is 1570 g/mol. The number of carbonyl (C=O) groups excluding carboxylic acids is 1. The first-order valence-corrected chi connectivity index (χ1v) is 45.3. The number of hydrogen-bond acceptors (Lipinski definition) is 18. The predicted octanol–water partition coefficient (Wildman–Crippen LogP) is 17.3. The van der Waals surface area contributed by atoms with E-state index >= 15 is 0 Å². The molecule has 3 heterocycles. The summed E-state index contributed by atoms with van der Waals surface area (Å²) in [6.45, 7) is 1.67. The molecule has 3 aliphatic heterocycles. The van der Waals surface area contributed by atoms with Crippen molar-refractivity contribution < 1.29 is 89.4 Å². The fraction of sp³-hybridized carbons (Fsp3) is 0.837. The van der Waals surface area contributed by atoms with Gasteiger partial charge in [-0.2, -0.15) is 0 Å². The standard InChI is InChI=1S/C92H165NO18/c1-3-5-7-9-11-13-15-17-19-21-23-25-27-29-31-33-35-36-37-38-40-42-44-46-48-50-52-54-56-58-60-62-64-66-68-70-80(98)93-75(76(97)69-67-65-63-61-59-57-55-53-51-49-47-45-43-41-39-34-32-30-28-26-24-22-20-18-16-14-12-10-8-6-4-2)74-106-90-86(104)83(101)88(78(72-95)108-90)111-92-87(105)84(102)89(79(73-96)109-92)110-91-85(103)82(100)81(99)77(71-94)107-91/h5,7,11,13,17,19,23,25,29,31,35-36,67,69,75-79,81-92,94-97,99-105H,3-4,6,8-10,12,14-16,18,20-22,24,26-28,30,32-34,37-66,68,70-74H2,1-2H3,(H,93,98)/b7-5-,13-11-,19-17-,25-23-,31-29-,36-35-,69-67+. The van der Waals surface area contributed by atoms with E-state index in [1.165, 1.54) is 250 Å². The van der Waals surface area contributed by atoms with Gasteiger partial charge < -0.3 is 89.9 Å². The van der Waals surface area contributed by atoms with E-state index in [1.807, 2.05) is 6.08 Å². The van der Waals surface area contributed by atoms with Crippen LogP contribution in [0.4, 0.5) is 0 Å². The molecule has 0 aromatic carbocycles. The molecule has 0 spiro atoms. The molecule has 19 heteroatoms. The van der Waals surface area contributed by atoms with Crippen LogP contribution in [0.3, 0.4) is 0 Å². The number of nitrogens with one attached hydrogen (secondary N) is 1. The molecular formula is C92H165NO18. The van der Waals surface area contributed by atoms with E-state index in [4.69, 9.17) is 28.4 Å². The van der Waals surface area contributed by atoms with Gasteiger partial charge in [0.2, 0.25) is 5.91 Å². The number of amides is 1. The molecular weight excluding hydrogens is 1410 g/mol. The highest BCUT2D eigenvalue weighted by atomic mass is 16.8. The minimum atomic E-state index is -1.98. The second-order valence-corrected chi connectivity index (χ2v) is 32.0. The maximum atomic E-state index is 13.5. The SMILES string of the molecule is CC/C=C\C/C=C\C/C=C\C/C=C\C/C=C\C/C=C\CCCCCCCCCCCCCCCCCCC(=O)NC(COC1OC(CO)C(OC2OC(CO)C(OC3OC(CO)C(O)C(O)C3O)C(O)C2O)C(O)C1O)C(O)/C=C/CCCCCCCCCCCCCCCCCCCCCCCCCCCCCCC. The molecule has 111 heavy (non-hydrogen) atoms. The van der Waals surface area contributed by atoms with Crippen LogP contribution in [0.25, 0.3) is 0 Å². The van der Waals surface area contributed by atoms with Gasteiger partial charge in [0, 0.05) is 6.42 Å². The number of rotatable bonds is 73. The highest BCUT2D eigenvalue weighted by Crippen LogP contribution is 2.34. The number of aliphatic hydroxyl groups excluding tert-OH is 11.